The Morgan fingerprint density at radius 3 is 2.79 bits per heavy atom. The third-order valence-corrected chi connectivity index (χ3v) is 4.74. The van der Waals surface area contributed by atoms with Crippen LogP contribution in [0, 0.1) is 0 Å². The molecule has 0 spiro atoms. The lowest BCUT2D eigenvalue weighted by Gasteiger charge is -2.26. The Labute approximate surface area is 85.5 Å². The van der Waals surface area contributed by atoms with Gasteiger partial charge in [-0.05, 0) is 32.2 Å². The zero-order valence-electron chi connectivity index (χ0n) is 8.33. The molecule has 1 saturated heterocycles. The Kier molecular flexibility index (Phi) is 2.93. The Hall–Kier alpha value is -0.350. The molecule has 3 nitrogen and oxygen atoms in total. The van der Waals surface area contributed by atoms with Crippen molar-refractivity contribution in [3.8, 4) is 0 Å². The first-order valence-electron chi connectivity index (χ1n) is 5.27. The summed E-state index contributed by atoms with van der Waals surface area (Å²) < 4.78 is 21.7. The van der Waals surface area contributed by atoms with E-state index in [0.717, 1.165) is 13.0 Å². The lowest BCUT2D eigenvalue weighted by molar-refractivity contribution is 0.513. The summed E-state index contributed by atoms with van der Waals surface area (Å²) in [7, 11) is -2.66. The molecule has 1 aliphatic heterocycles. The maximum Gasteiger partial charge on any atom is 0.153 e. The topological polar surface area (TPSA) is 46.2 Å². The van der Waals surface area contributed by atoms with Crippen LogP contribution in [-0.4, -0.2) is 32.5 Å². The van der Waals surface area contributed by atoms with Gasteiger partial charge in [0.05, 0.1) is 11.5 Å². The highest BCUT2D eigenvalue weighted by molar-refractivity contribution is 7.92. The number of nitrogens with one attached hydrogen (secondary N) is 1. The first kappa shape index (κ1) is 10.2. The first-order valence-corrected chi connectivity index (χ1v) is 7.09. The molecule has 0 aromatic rings. The van der Waals surface area contributed by atoms with E-state index in [2.05, 4.69) is 11.4 Å². The molecule has 1 fully saturated rings. The van der Waals surface area contributed by atoms with Crippen molar-refractivity contribution in [2.45, 2.75) is 31.7 Å². The molecule has 1 heterocycles. The number of rotatable bonds is 4. The zero-order chi connectivity index (χ0) is 10.0. The van der Waals surface area contributed by atoms with Crippen molar-refractivity contribution in [3.05, 3.63) is 11.6 Å². The summed E-state index contributed by atoms with van der Waals surface area (Å²) in [6, 6.07) is 0.224. The van der Waals surface area contributed by atoms with E-state index >= 15 is 0 Å². The minimum atomic E-state index is -2.66. The van der Waals surface area contributed by atoms with Crippen LogP contribution >= 0.6 is 0 Å². The van der Waals surface area contributed by atoms with Crippen LogP contribution in [-0.2, 0) is 9.84 Å². The molecular formula is C10H17NO2S. The molecule has 0 atom stereocenters. The number of hydrogen-bond donors (Lipinski definition) is 1. The first-order chi connectivity index (χ1) is 6.66. The molecule has 0 unspecified atom stereocenters. The number of hydrogen-bond acceptors (Lipinski definition) is 3. The summed E-state index contributed by atoms with van der Waals surface area (Å²) in [4.78, 5) is 0. The van der Waals surface area contributed by atoms with E-state index < -0.39 is 9.84 Å². The highest BCUT2D eigenvalue weighted by Crippen LogP contribution is 2.20. The van der Waals surface area contributed by atoms with Crippen LogP contribution in [0.4, 0.5) is 0 Å². The van der Waals surface area contributed by atoms with Gasteiger partial charge in [-0.2, -0.15) is 0 Å². The predicted molar refractivity (Wildman–Crippen MR) is 57.0 cm³/mol. The summed E-state index contributed by atoms with van der Waals surface area (Å²) >= 11 is 0. The van der Waals surface area contributed by atoms with Crippen LogP contribution < -0.4 is 5.32 Å². The van der Waals surface area contributed by atoms with Gasteiger partial charge in [0.25, 0.3) is 0 Å². The van der Waals surface area contributed by atoms with Crippen molar-refractivity contribution in [1.29, 1.82) is 0 Å². The van der Waals surface area contributed by atoms with Gasteiger partial charge in [0.1, 0.15) is 0 Å². The monoisotopic (exact) mass is 215 g/mol. The van der Waals surface area contributed by atoms with Crippen LogP contribution in [0.25, 0.3) is 0 Å². The van der Waals surface area contributed by atoms with E-state index in [4.69, 9.17) is 0 Å². The predicted octanol–water partition coefficient (Wildman–Crippen LogP) is 0.873. The molecule has 4 heteroatoms. The number of allylic oxidation sites excluding steroid dienone is 1. The molecule has 0 bridgehead atoms. The second-order valence-electron chi connectivity index (χ2n) is 4.23. The largest absolute Gasteiger partial charge is 0.312 e. The average molecular weight is 215 g/mol. The molecule has 0 aromatic heterocycles. The van der Waals surface area contributed by atoms with Gasteiger partial charge in [0.15, 0.2) is 9.84 Å². The summed E-state index contributed by atoms with van der Waals surface area (Å²) in [5.74, 6) is 0.679. The van der Waals surface area contributed by atoms with Gasteiger partial charge in [-0.25, -0.2) is 8.42 Å². The van der Waals surface area contributed by atoms with Crippen LogP contribution in [0.15, 0.2) is 11.6 Å². The fourth-order valence-electron chi connectivity index (χ4n) is 2.08. The highest BCUT2D eigenvalue weighted by atomic mass is 32.2. The zero-order valence-corrected chi connectivity index (χ0v) is 9.15. The van der Waals surface area contributed by atoms with E-state index in [9.17, 15) is 8.42 Å². The van der Waals surface area contributed by atoms with Gasteiger partial charge in [-0.15, -0.1) is 0 Å². The number of sulfone groups is 1. The van der Waals surface area contributed by atoms with E-state index in [0.29, 0.717) is 11.5 Å². The summed E-state index contributed by atoms with van der Waals surface area (Å²) in [6.45, 7) is 0.937. The summed E-state index contributed by atoms with van der Waals surface area (Å²) in [6.07, 6.45) is 7.18. The van der Waals surface area contributed by atoms with Crippen LogP contribution in [0.3, 0.4) is 0 Å². The lowest BCUT2D eigenvalue weighted by atomic mass is 10.1. The van der Waals surface area contributed by atoms with E-state index in [-0.39, 0.29) is 6.04 Å². The quantitative estimate of drug-likeness (QED) is 0.708. The molecule has 0 amide bonds. The Morgan fingerprint density at radius 2 is 2.21 bits per heavy atom. The van der Waals surface area contributed by atoms with Gasteiger partial charge in [-0.1, -0.05) is 11.6 Å². The van der Waals surface area contributed by atoms with Crippen molar-refractivity contribution in [1.82, 2.24) is 5.32 Å². The summed E-state index contributed by atoms with van der Waals surface area (Å²) in [5, 5.41) is 3.28. The lowest BCUT2D eigenvalue weighted by Crippen LogP contribution is -2.51. The maximum absolute atomic E-state index is 10.9. The molecule has 0 saturated carbocycles. The third-order valence-electron chi connectivity index (χ3n) is 2.92. The minimum Gasteiger partial charge on any atom is -0.312 e. The Bertz CT molecular complexity index is 320. The summed E-state index contributed by atoms with van der Waals surface area (Å²) in [5.41, 5.74) is 1.54. The van der Waals surface area contributed by atoms with Crippen molar-refractivity contribution >= 4 is 9.84 Å². The fraction of sp³-hybridized carbons (Fsp3) is 0.800. The second kappa shape index (κ2) is 4.03. The van der Waals surface area contributed by atoms with Crippen LogP contribution in [0.1, 0.15) is 25.7 Å². The highest BCUT2D eigenvalue weighted by Gasteiger charge is 2.32. The Morgan fingerprint density at radius 1 is 1.43 bits per heavy atom. The standard InChI is InChI=1S/C10H17NO2S/c12-14(13)7-10(8-14)11-6-5-9-3-1-2-4-9/h3,10-11H,1-2,4-8H2. The van der Waals surface area contributed by atoms with Crippen molar-refractivity contribution in [2.24, 2.45) is 0 Å². The molecule has 0 aromatic carbocycles. The van der Waals surface area contributed by atoms with Gasteiger partial charge < -0.3 is 5.32 Å². The molecular weight excluding hydrogens is 198 g/mol. The molecule has 80 valence electrons. The van der Waals surface area contributed by atoms with Crippen molar-refractivity contribution < 1.29 is 8.42 Å². The van der Waals surface area contributed by atoms with E-state index in [1.165, 1.54) is 19.3 Å². The third kappa shape index (κ3) is 2.58. The van der Waals surface area contributed by atoms with E-state index in [1.807, 2.05) is 0 Å². The Balaban J connectivity index is 1.60. The molecule has 0 radical (unpaired) electrons. The van der Waals surface area contributed by atoms with Crippen molar-refractivity contribution in [3.63, 3.8) is 0 Å². The fourth-order valence-corrected chi connectivity index (χ4v) is 3.45. The van der Waals surface area contributed by atoms with Crippen molar-refractivity contribution in [2.75, 3.05) is 18.1 Å². The van der Waals surface area contributed by atoms with Gasteiger partial charge >= 0.3 is 0 Å². The van der Waals surface area contributed by atoms with Gasteiger partial charge in [0.2, 0.25) is 0 Å². The SMILES string of the molecule is O=S1(=O)CC(NCCC2=CCCC2)C1. The van der Waals surface area contributed by atoms with E-state index in [1.54, 1.807) is 5.57 Å². The van der Waals surface area contributed by atoms with Gasteiger partial charge in [-0.3, -0.25) is 0 Å². The molecule has 2 aliphatic rings. The second-order valence-corrected chi connectivity index (χ2v) is 6.39. The van der Waals surface area contributed by atoms with Crippen LogP contribution in [0.5, 0.6) is 0 Å². The van der Waals surface area contributed by atoms with Gasteiger partial charge in [0, 0.05) is 6.04 Å². The van der Waals surface area contributed by atoms with Crippen LogP contribution in [0.2, 0.25) is 0 Å². The molecule has 14 heavy (non-hydrogen) atoms. The maximum atomic E-state index is 10.9. The normalized spacial score (nSPS) is 25.9. The smallest absolute Gasteiger partial charge is 0.153 e. The minimum absolute atomic E-state index is 0.224. The molecule has 1 aliphatic carbocycles. The molecule has 1 N–H and O–H groups in total. The molecule has 2 rings (SSSR count). The average Bonchev–Trinajstić information content (AvgIpc) is 2.53.